The summed E-state index contributed by atoms with van der Waals surface area (Å²) in [6.45, 7) is 1.95. The molecule has 30 heavy (non-hydrogen) atoms. The number of terminal acetylenes is 1. The summed E-state index contributed by atoms with van der Waals surface area (Å²) in [5.41, 5.74) is 5.32. The first kappa shape index (κ1) is 21.6. The lowest BCUT2D eigenvalue weighted by Gasteiger charge is -2.20. The Morgan fingerprint density at radius 3 is 2.57 bits per heavy atom. The Labute approximate surface area is 184 Å². The molecule has 5 nitrogen and oxygen atoms in total. The van der Waals surface area contributed by atoms with E-state index in [1.54, 1.807) is 0 Å². The highest BCUT2D eigenvalue weighted by Crippen LogP contribution is 2.27. The zero-order chi connectivity index (χ0) is 21.7. The van der Waals surface area contributed by atoms with Gasteiger partial charge >= 0.3 is 5.97 Å². The second-order valence-electron chi connectivity index (χ2n) is 6.51. The van der Waals surface area contributed by atoms with E-state index in [9.17, 15) is 9.59 Å². The quantitative estimate of drug-likeness (QED) is 0.411. The largest absolute Gasteiger partial charge is 0.465 e. The van der Waals surface area contributed by atoms with Crippen molar-refractivity contribution in [3.63, 3.8) is 0 Å². The van der Waals surface area contributed by atoms with E-state index in [4.69, 9.17) is 22.8 Å². The molecule has 0 saturated carbocycles. The molecule has 0 saturated heterocycles. The van der Waals surface area contributed by atoms with E-state index in [-0.39, 0.29) is 29.6 Å². The Hall–Kier alpha value is -3.14. The number of ether oxygens (including phenoxy) is 1. The molecular formula is C23H19ClN2O3S. The maximum atomic E-state index is 13.1. The summed E-state index contributed by atoms with van der Waals surface area (Å²) in [4.78, 5) is 30.9. The van der Waals surface area contributed by atoms with Crippen molar-refractivity contribution < 1.29 is 14.3 Å². The summed E-state index contributed by atoms with van der Waals surface area (Å²) in [7, 11) is 1.28. The van der Waals surface area contributed by atoms with Crippen LogP contribution in [0.1, 0.15) is 20.8 Å². The number of hydrogen-bond donors (Lipinski definition) is 0. The third kappa shape index (κ3) is 4.70. The van der Waals surface area contributed by atoms with Crippen molar-refractivity contribution in [2.24, 2.45) is 0 Å². The molecule has 0 radical (unpaired) electrons. The number of esters is 1. The number of carbonyl (C=O) groups is 2. The van der Waals surface area contributed by atoms with Crippen molar-refractivity contribution in [1.82, 2.24) is 4.98 Å². The summed E-state index contributed by atoms with van der Waals surface area (Å²) in [5, 5.41) is 0.663. The fourth-order valence-corrected chi connectivity index (χ4v) is 3.81. The van der Waals surface area contributed by atoms with Gasteiger partial charge in [-0.25, -0.2) is 9.78 Å². The molecule has 0 bridgehead atoms. The Kier molecular flexibility index (Phi) is 6.88. The molecule has 1 heterocycles. The van der Waals surface area contributed by atoms with E-state index in [0.717, 1.165) is 33.6 Å². The monoisotopic (exact) mass is 438 g/mol. The third-order valence-electron chi connectivity index (χ3n) is 4.59. The normalized spacial score (nSPS) is 10.3. The van der Waals surface area contributed by atoms with Gasteiger partial charge in [-0.2, -0.15) is 0 Å². The number of carbonyl (C=O) groups excluding carboxylic acids is 2. The molecule has 0 fully saturated rings. The summed E-state index contributed by atoms with van der Waals surface area (Å²) < 4.78 is 4.79. The minimum atomic E-state index is -0.553. The van der Waals surface area contributed by atoms with Gasteiger partial charge in [0.05, 0.1) is 25.6 Å². The molecule has 0 spiro atoms. The average molecular weight is 439 g/mol. The maximum Gasteiger partial charge on any atom is 0.351 e. The minimum Gasteiger partial charge on any atom is -0.465 e. The van der Waals surface area contributed by atoms with E-state index < -0.39 is 5.97 Å². The van der Waals surface area contributed by atoms with Crippen molar-refractivity contribution >= 4 is 40.6 Å². The van der Waals surface area contributed by atoms with Gasteiger partial charge in [0.15, 0.2) is 10.7 Å². The first-order valence-corrected chi connectivity index (χ1v) is 10.3. The van der Waals surface area contributed by atoms with Crippen LogP contribution in [0.3, 0.4) is 0 Å². The predicted molar refractivity (Wildman–Crippen MR) is 120 cm³/mol. The number of methoxy groups -OCH3 is 1. The summed E-state index contributed by atoms with van der Waals surface area (Å²) >= 11 is 7.08. The van der Waals surface area contributed by atoms with Crippen molar-refractivity contribution in [2.45, 2.75) is 13.3 Å². The van der Waals surface area contributed by atoms with Crippen molar-refractivity contribution in [3.05, 3.63) is 69.0 Å². The van der Waals surface area contributed by atoms with Gasteiger partial charge in [-0.15, -0.1) is 17.8 Å². The van der Waals surface area contributed by atoms with Crippen LogP contribution in [0, 0.1) is 19.3 Å². The van der Waals surface area contributed by atoms with Crippen LogP contribution in [0.5, 0.6) is 0 Å². The Bertz CT molecular complexity index is 1120. The molecule has 0 unspecified atom stereocenters. The van der Waals surface area contributed by atoms with Crippen LogP contribution in [0.4, 0.5) is 5.82 Å². The second-order valence-corrected chi connectivity index (χ2v) is 7.80. The number of halogens is 1. The lowest BCUT2D eigenvalue weighted by molar-refractivity contribution is -0.117. The summed E-state index contributed by atoms with van der Waals surface area (Å²) in [6, 6.07) is 13.5. The molecule has 3 rings (SSSR count). The molecule has 0 aliphatic carbocycles. The molecule has 7 heteroatoms. The van der Waals surface area contributed by atoms with Crippen LogP contribution in [-0.4, -0.2) is 30.5 Å². The molecule has 152 valence electrons. The van der Waals surface area contributed by atoms with Crippen molar-refractivity contribution in [3.8, 4) is 23.5 Å². The van der Waals surface area contributed by atoms with Gasteiger partial charge in [-0.3, -0.25) is 9.69 Å². The number of aryl methyl sites for hydroxylation is 1. The number of thiazole rings is 1. The highest BCUT2D eigenvalue weighted by molar-refractivity contribution is 7.12. The number of rotatable bonds is 6. The Morgan fingerprint density at radius 2 is 1.90 bits per heavy atom. The van der Waals surface area contributed by atoms with Crippen LogP contribution in [0.2, 0.25) is 5.02 Å². The average Bonchev–Trinajstić information content (AvgIpc) is 3.23. The van der Waals surface area contributed by atoms with Gasteiger partial charge in [-0.05, 0) is 41.3 Å². The predicted octanol–water partition coefficient (Wildman–Crippen LogP) is 4.77. The van der Waals surface area contributed by atoms with E-state index in [1.165, 1.54) is 17.5 Å². The maximum absolute atomic E-state index is 13.1. The molecule has 2 aromatic carbocycles. The number of benzene rings is 2. The van der Waals surface area contributed by atoms with Crippen LogP contribution < -0.4 is 4.90 Å². The van der Waals surface area contributed by atoms with E-state index in [0.29, 0.717) is 5.02 Å². The van der Waals surface area contributed by atoms with Gasteiger partial charge in [-0.1, -0.05) is 47.9 Å². The fourth-order valence-electron chi connectivity index (χ4n) is 2.98. The number of anilines is 1. The zero-order valence-corrected chi connectivity index (χ0v) is 18.1. The van der Waals surface area contributed by atoms with E-state index in [2.05, 4.69) is 10.9 Å². The molecule has 0 N–H and O–H groups in total. The van der Waals surface area contributed by atoms with Gasteiger partial charge in [0.2, 0.25) is 5.91 Å². The molecule has 3 aromatic rings. The van der Waals surface area contributed by atoms with Gasteiger partial charge < -0.3 is 4.74 Å². The molecule has 1 amide bonds. The smallest absolute Gasteiger partial charge is 0.351 e. The van der Waals surface area contributed by atoms with Crippen LogP contribution in [0.15, 0.2) is 48.0 Å². The van der Waals surface area contributed by atoms with Crippen LogP contribution >= 0.6 is 22.9 Å². The highest BCUT2D eigenvalue weighted by Gasteiger charge is 2.25. The second kappa shape index (κ2) is 9.57. The fraction of sp³-hybridized carbons (Fsp3) is 0.174. The standard InChI is InChI=1S/C23H19ClN2O3S/c1-4-11-26(22-21(23(28)29-3)30-14-25-22)20(27)13-18-12-17(6-5-15(18)2)16-7-9-19(24)10-8-16/h1,5-10,12,14H,11,13H2,2-3H3. The first-order chi connectivity index (χ1) is 14.4. The van der Waals surface area contributed by atoms with E-state index in [1.807, 2.05) is 49.4 Å². The molecule has 0 aliphatic rings. The lowest BCUT2D eigenvalue weighted by Crippen LogP contribution is -2.34. The number of hydrogen-bond acceptors (Lipinski definition) is 5. The van der Waals surface area contributed by atoms with E-state index >= 15 is 0 Å². The minimum absolute atomic E-state index is 0.00246. The summed E-state index contributed by atoms with van der Waals surface area (Å²) in [5.74, 6) is 1.89. The van der Waals surface area contributed by atoms with Gasteiger partial charge in [0.25, 0.3) is 0 Å². The summed E-state index contributed by atoms with van der Waals surface area (Å²) in [6.07, 6.45) is 5.59. The Morgan fingerprint density at radius 1 is 1.20 bits per heavy atom. The van der Waals surface area contributed by atoms with Crippen LogP contribution in [0.25, 0.3) is 11.1 Å². The zero-order valence-electron chi connectivity index (χ0n) is 16.5. The number of aromatic nitrogens is 1. The Balaban J connectivity index is 1.91. The molecule has 1 aromatic heterocycles. The third-order valence-corrected chi connectivity index (χ3v) is 5.64. The topological polar surface area (TPSA) is 59.5 Å². The van der Waals surface area contributed by atoms with Crippen molar-refractivity contribution in [2.75, 3.05) is 18.6 Å². The SMILES string of the molecule is C#CCN(C(=O)Cc1cc(-c2ccc(Cl)cc2)ccc1C)c1ncsc1C(=O)OC. The molecule has 0 atom stereocenters. The van der Waals surface area contributed by atoms with Crippen molar-refractivity contribution in [1.29, 1.82) is 0 Å². The van der Waals surface area contributed by atoms with Gasteiger partial charge in [0, 0.05) is 5.02 Å². The highest BCUT2D eigenvalue weighted by atomic mass is 35.5. The first-order valence-electron chi connectivity index (χ1n) is 9.05. The molecular weight excluding hydrogens is 420 g/mol. The van der Waals surface area contributed by atoms with Crippen LogP contribution in [-0.2, 0) is 16.0 Å². The lowest BCUT2D eigenvalue weighted by atomic mass is 9.97. The number of nitrogens with zero attached hydrogens (tertiary/aromatic N) is 2. The molecule has 0 aliphatic heterocycles. The number of amides is 1. The van der Waals surface area contributed by atoms with Gasteiger partial charge in [0.1, 0.15) is 0 Å².